The highest BCUT2D eigenvalue weighted by molar-refractivity contribution is 9.09. The van der Waals surface area contributed by atoms with Crippen LogP contribution in [0.25, 0.3) is 10.9 Å². The van der Waals surface area contributed by atoms with Crippen LogP contribution in [0.5, 0.6) is 0 Å². The third kappa shape index (κ3) is 3.92. The zero-order valence-electron chi connectivity index (χ0n) is 11.9. The van der Waals surface area contributed by atoms with E-state index in [0.29, 0.717) is 4.83 Å². The van der Waals surface area contributed by atoms with Crippen LogP contribution in [0, 0.1) is 0 Å². The number of aryl methyl sites for hydroxylation is 1. The van der Waals surface area contributed by atoms with Crippen molar-refractivity contribution in [1.82, 2.24) is 4.98 Å². The van der Waals surface area contributed by atoms with Gasteiger partial charge in [-0.05, 0) is 30.5 Å². The van der Waals surface area contributed by atoms with E-state index in [1.54, 1.807) is 0 Å². The number of para-hydroxylation sites is 1. The third-order valence-corrected chi connectivity index (χ3v) is 4.46. The molecule has 0 saturated heterocycles. The molecule has 1 unspecified atom stereocenters. The molecule has 2 heteroatoms. The Balaban J connectivity index is 1.62. The molecule has 0 saturated carbocycles. The van der Waals surface area contributed by atoms with Crippen LogP contribution in [0.1, 0.15) is 17.7 Å². The number of nitrogens with zero attached hydrogens (tertiary/aromatic N) is 1. The standard InChI is InChI=1S/C19H18BrN/c20-17(12-10-15-6-2-1-3-7-15)14-18-13-11-16-8-4-5-9-19(16)21-18/h1-9,11,13,17H,10,12,14H2. The molecule has 3 rings (SSSR count). The van der Waals surface area contributed by atoms with E-state index in [-0.39, 0.29) is 0 Å². The Morgan fingerprint density at radius 3 is 2.48 bits per heavy atom. The van der Waals surface area contributed by atoms with Crippen molar-refractivity contribution >= 4 is 26.8 Å². The van der Waals surface area contributed by atoms with Crippen molar-refractivity contribution in [3.8, 4) is 0 Å². The predicted molar refractivity (Wildman–Crippen MR) is 92.9 cm³/mol. The van der Waals surface area contributed by atoms with Gasteiger partial charge in [-0.3, -0.25) is 4.98 Å². The van der Waals surface area contributed by atoms with Crippen molar-refractivity contribution in [2.24, 2.45) is 0 Å². The molecule has 1 nitrogen and oxygen atoms in total. The molecular formula is C19H18BrN. The molecule has 0 spiro atoms. The van der Waals surface area contributed by atoms with Crippen molar-refractivity contribution in [2.45, 2.75) is 24.1 Å². The van der Waals surface area contributed by atoms with Gasteiger partial charge >= 0.3 is 0 Å². The normalized spacial score (nSPS) is 12.4. The average molecular weight is 340 g/mol. The first-order chi connectivity index (χ1) is 10.3. The van der Waals surface area contributed by atoms with E-state index in [1.165, 1.54) is 10.9 Å². The molecule has 0 radical (unpaired) electrons. The number of halogens is 1. The van der Waals surface area contributed by atoms with E-state index in [2.05, 4.69) is 76.6 Å². The van der Waals surface area contributed by atoms with Gasteiger partial charge in [0, 0.05) is 22.3 Å². The number of hydrogen-bond donors (Lipinski definition) is 0. The minimum Gasteiger partial charge on any atom is -0.253 e. The first-order valence-electron chi connectivity index (χ1n) is 7.34. The summed E-state index contributed by atoms with van der Waals surface area (Å²) in [4.78, 5) is 5.20. The summed E-state index contributed by atoms with van der Waals surface area (Å²) in [5.41, 5.74) is 3.63. The van der Waals surface area contributed by atoms with Gasteiger partial charge < -0.3 is 0 Å². The Morgan fingerprint density at radius 2 is 1.62 bits per heavy atom. The van der Waals surface area contributed by atoms with Gasteiger partial charge in [0.15, 0.2) is 0 Å². The minimum absolute atomic E-state index is 0.464. The molecule has 0 bridgehead atoms. The Kier molecular flexibility index (Phi) is 4.66. The lowest BCUT2D eigenvalue weighted by atomic mass is 10.1. The van der Waals surface area contributed by atoms with E-state index >= 15 is 0 Å². The zero-order chi connectivity index (χ0) is 14.5. The highest BCUT2D eigenvalue weighted by atomic mass is 79.9. The number of rotatable bonds is 5. The topological polar surface area (TPSA) is 12.9 Å². The van der Waals surface area contributed by atoms with Crippen molar-refractivity contribution < 1.29 is 0 Å². The number of pyridine rings is 1. The maximum absolute atomic E-state index is 4.74. The van der Waals surface area contributed by atoms with Gasteiger partial charge in [0.05, 0.1) is 5.52 Å². The smallest absolute Gasteiger partial charge is 0.0705 e. The van der Waals surface area contributed by atoms with E-state index in [4.69, 9.17) is 4.98 Å². The van der Waals surface area contributed by atoms with Gasteiger partial charge in [-0.25, -0.2) is 0 Å². The van der Waals surface area contributed by atoms with Crippen LogP contribution in [0.4, 0.5) is 0 Å². The van der Waals surface area contributed by atoms with Gasteiger partial charge in [-0.1, -0.05) is 70.5 Å². The highest BCUT2D eigenvalue weighted by Crippen LogP contribution is 2.18. The van der Waals surface area contributed by atoms with Crippen LogP contribution in [0.2, 0.25) is 0 Å². The maximum Gasteiger partial charge on any atom is 0.0705 e. The summed E-state index contributed by atoms with van der Waals surface area (Å²) in [5.74, 6) is 0. The second-order valence-electron chi connectivity index (χ2n) is 5.32. The fourth-order valence-electron chi connectivity index (χ4n) is 2.52. The Labute approximate surface area is 134 Å². The molecule has 0 aliphatic heterocycles. The average Bonchev–Trinajstić information content (AvgIpc) is 2.54. The molecule has 0 N–H and O–H groups in total. The third-order valence-electron chi connectivity index (χ3n) is 3.68. The maximum atomic E-state index is 4.74. The minimum atomic E-state index is 0.464. The van der Waals surface area contributed by atoms with Crippen molar-refractivity contribution in [1.29, 1.82) is 0 Å². The molecule has 0 aliphatic rings. The zero-order valence-corrected chi connectivity index (χ0v) is 13.5. The lowest BCUT2D eigenvalue weighted by Gasteiger charge is -2.10. The molecule has 0 amide bonds. The molecule has 1 aromatic heterocycles. The summed E-state index contributed by atoms with van der Waals surface area (Å²) in [6.07, 6.45) is 3.19. The summed E-state index contributed by atoms with van der Waals surface area (Å²) >= 11 is 3.80. The lowest BCUT2D eigenvalue weighted by Crippen LogP contribution is -2.06. The van der Waals surface area contributed by atoms with Gasteiger partial charge in [0.2, 0.25) is 0 Å². The molecule has 1 heterocycles. The molecule has 0 aliphatic carbocycles. The van der Waals surface area contributed by atoms with Gasteiger partial charge in [-0.2, -0.15) is 0 Å². The van der Waals surface area contributed by atoms with Gasteiger partial charge in [0.1, 0.15) is 0 Å². The van der Waals surface area contributed by atoms with Gasteiger partial charge in [-0.15, -0.1) is 0 Å². The predicted octanol–water partition coefficient (Wildman–Crippen LogP) is 5.17. The number of alkyl halides is 1. The summed E-state index contributed by atoms with van der Waals surface area (Å²) in [5, 5.41) is 1.21. The van der Waals surface area contributed by atoms with Crippen molar-refractivity contribution in [3.63, 3.8) is 0 Å². The van der Waals surface area contributed by atoms with Crippen molar-refractivity contribution in [2.75, 3.05) is 0 Å². The van der Waals surface area contributed by atoms with Crippen LogP contribution in [0.15, 0.2) is 66.7 Å². The number of fused-ring (bicyclic) bond motifs is 1. The van der Waals surface area contributed by atoms with Crippen LogP contribution in [-0.2, 0) is 12.8 Å². The van der Waals surface area contributed by atoms with Crippen LogP contribution < -0.4 is 0 Å². The van der Waals surface area contributed by atoms with E-state index < -0.39 is 0 Å². The highest BCUT2D eigenvalue weighted by Gasteiger charge is 2.07. The molecule has 1 atom stereocenters. The van der Waals surface area contributed by atoms with Crippen molar-refractivity contribution in [3.05, 3.63) is 78.0 Å². The van der Waals surface area contributed by atoms with Crippen LogP contribution in [-0.4, -0.2) is 9.81 Å². The summed E-state index contributed by atoms with van der Waals surface area (Å²) in [6.45, 7) is 0. The second-order valence-corrected chi connectivity index (χ2v) is 6.62. The quantitative estimate of drug-likeness (QED) is 0.584. The van der Waals surface area contributed by atoms with E-state index in [0.717, 1.165) is 30.5 Å². The largest absolute Gasteiger partial charge is 0.253 e. The Morgan fingerprint density at radius 1 is 0.857 bits per heavy atom. The fraction of sp³-hybridized carbons (Fsp3) is 0.211. The van der Waals surface area contributed by atoms with Crippen LogP contribution >= 0.6 is 15.9 Å². The van der Waals surface area contributed by atoms with Gasteiger partial charge in [0.25, 0.3) is 0 Å². The Hall–Kier alpha value is -1.67. The first-order valence-corrected chi connectivity index (χ1v) is 8.25. The molecule has 21 heavy (non-hydrogen) atoms. The van der Waals surface area contributed by atoms with E-state index in [9.17, 15) is 0 Å². The van der Waals surface area contributed by atoms with E-state index in [1.807, 2.05) is 6.07 Å². The SMILES string of the molecule is BrC(CCc1ccccc1)Cc1ccc2ccccc2n1. The molecule has 3 aromatic rings. The Bertz CT molecular complexity index is 709. The molecule has 0 fully saturated rings. The second kappa shape index (κ2) is 6.86. The summed E-state index contributed by atoms with van der Waals surface area (Å²) < 4.78 is 0. The fourth-order valence-corrected chi connectivity index (χ4v) is 3.08. The lowest BCUT2D eigenvalue weighted by molar-refractivity contribution is 0.753. The summed E-state index contributed by atoms with van der Waals surface area (Å²) in [6, 6.07) is 23.2. The molecular weight excluding hydrogens is 322 g/mol. The molecule has 2 aromatic carbocycles. The van der Waals surface area contributed by atoms with Crippen LogP contribution in [0.3, 0.4) is 0 Å². The number of aromatic nitrogens is 1. The number of benzene rings is 2. The molecule has 106 valence electrons. The monoisotopic (exact) mass is 339 g/mol. The first kappa shape index (κ1) is 14.3. The number of hydrogen-bond acceptors (Lipinski definition) is 1. The summed E-state index contributed by atoms with van der Waals surface area (Å²) in [7, 11) is 0.